The molecule has 1 atom stereocenters. The molecule has 3 rings (SSSR count). The van der Waals surface area contributed by atoms with Crippen molar-refractivity contribution in [3.63, 3.8) is 0 Å². The van der Waals surface area contributed by atoms with Gasteiger partial charge >= 0.3 is 0 Å². The smallest absolute Gasteiger partial charge is 0.109 e. The van der Waals surface area contributed by atoms with Gasteiger partial charge in [-0.2, -0.15) is 0 Å². The molecular formula is C16H27N2P. The van der Waals surface area contributed by atoms with Gasteiger partial charge in [-0.15, -0.1) is 9.24 Å². The van der Waals surface area contributed by atoms with Crippen molar-refractivity contribution in [1.29, 1.82) is 0 Å². The van der Waals surface area contributed by atoms with Crippen LogP contribution in [0.5, 0.6) is 0 Å². The first-order valence-electron chi connectivity index (χ1n) is 8.06. The first kappa shape index (κ1) is 13.6. The maximum atomic E-state index is 5.08. The van der Waals surface area contributed by atoms with Crippen molar-refractivity contribution >= 4 is 9.24 Å². The van der Waals surface area contributed by atoms with Crippen molar-refractivity contribution in [2.24, 2.45) is 7.05 Å². The zero-order valence-corrected chi connectivity index (χ0v) is 13.4. The molecule has 1 aromatic heterocycles. The molecule has 2 aliphatic carbocycles. The van der Waals surface area contributed by atoms with E-state index in [1.807, 2.05) is 0 Å². The van der Waals surface area contributed by atoms with Gasteiger partial charge in [-0.05, 0) is 31.8 Å². The molecule has 0 N–H and O–H groups in total. The number of nitrogens with zero attached hydrogens (tertiary/aromatic N) is 2. The third-order valence-corrected chi connectivity index (χ3v) is 5.40. The zero-order valence-electron chi connectivity index (χ0n) is 12.2. The third-order valence-electron chi connectivity index (χ3n) is 5.11. The molecule has 1 aromatic rings. The number of aryl methyl sites for hydroxylation is 1. The third kappa shape index (κ3) is 2.61. The molecule has 19 heavy (non-hydrogen) atoms. The van der Waals surface area contributed by atoms with Gasteiger partial charge in [0.25, 0.3) is 0 Å². The second-order valence-electron chi connectivity index (χ2n) is 6.36. The van der Waals surface area contributed by atoms with Gasteiger partial charge in [-0.25, -0.2) is 4.98 Å². The Morgan fingerprint density at radius 1 is 1.05 bits per heavy atom. The Labute approximate surface area is 119 Å². The summed E-state index contributed by atoms with van der Waals surface area (Å²) >= 11 is 0. The summed E-state index contributed by atoms with van der Waals surface area (Å²) in [6, 6.07) is 0. The van der Waals surface area contributed by atoms with Crippen LogP contribution in [-0.2, 0) is 13.5 Å². The van der Waals surface area contributed by atoms with E-state index >= 15 is 0 Å². The highest BCUT2D eigenvalue weighted by Gasteiger charge is 2.30. The number of imidazole rings is 1. The maximum absolute atomic E-state index is 5.08. The number of hydrogen-bond acceptors (Lipinski definition) is 1. The second kappa shape index (κ2) is 5.95. The molecule has 0 bridgehead atoms. The van der Waals surface area contributed by atoms with Crippen LogP contribution in [-0.4, -0.2) is 15.7 Å². The van der Waals surface area contributed by atoms with Gasteiger partial charge in [-0.1, -0.05) is 25.7 Å². The van der Waals surface area contributed by atoms with E-state index in [9.17, 15) is 0 Å². The van der Waals surface area contributed by atoms with E-state index in [0.29, 0.717) is 0 Å². The van der Waals surface area contributed by atoms with Crippen molar-refractivity contribution < 1.29 is 0 Å². The van der Waals surface area contributed by atoms with Crippen LogP contribution in [0.1, 0.15) is 80.4 Å². The molecule has 2 nitrogen and oxygen atoms in total. The molecule has 1 unspecified atom stereocenters. The number of hydrogen-bond donors (Lipinski definition) is 0. The molecule has 106 valence electrons. The largest absolute Gasteiger partial charge is 0.335 e. The molecule has 2 saturated carbocycles. The zero-order chi connectivity index (χ0) is 13.2. The molecule has 3 heteroatoms. The van der Waals surface area contributed by atoms with Gasteiger partial charge in [0, 0.05) is 31.0 Å². The lowest BCUT2D eigenvalue weighted by Crippen LogP contribution is -2.08. The fourth-order valence-corrected chi connectivity index (χ4v) is 4.38. The van der Waals surface area contributed by atoms with Crippen LogP contribution in [0.3, 0.4) is 0 Å². The average Bonchev–Trinajstić information content (AvgIpc) is 3.11. The van der Waals surface area contributed by atoms with E-state index in [4.69, 9.17) is 4.98 Å². The van der Waals surface area contributed by atoms with Crippen molar-refractivity contribution in [2.75, 3.05) is 6.16 Å². The molecule has 1 heterocycles. The summed E-state index contributed by atoms with van der Waals surface area (Å²) in [6.07, 6.45) is 13.4. The first-order chi connectivity index (χ1) is 9.31. The topological polar surface area (TPSA) is 17.8 Å². The van der Waals surface area contributed by atoms with E-state index in [1.165, 1.54) is 62.9 Å². The van der Waals surface area contributed by atoms with Gasteiger partial charge in [0.15, 0.2) is 0 Å². The van der Waals surface area contributed by atoms with E-state index < -0.39 is 0 Å². The predicted octanol–water partition coefficient (Wildman–Crippen LogP) is 4.15. The Balaban J connectivity index is 1.96. The van der Waals surface area contributed by atoms with Crippen LogP contribution in [0.25, 0.3) is 0 Å². The van der Waals surface area contributed by atoms with Gasteiger partial charge in [0.05, 0.1) is 5.69 Å². The summed E-state index contributed by atoms with van der Waals surface area (Å²) in [6.45, 7) is 0. The Morgan fingerprint density at radius 2 is 1.63 bits per heavy atom. The van der Waals surface area contributed by atoms with Crippen molar-refractivity contribution in [3.05, 3.63) is 17.2 Å². The minimum Gasteiger partial charge on any atom is -0.335 e. The Bertz CT molecular complexity index is 426. The average molecular weight is 278 g/mol. The summed E-state index contributed by atoms with van der Waals surface area (Å²) in [5, 5.41) is 0. The highest BCUT2D eigenvalue weighted by molar-refractivity contribution is 7.16. The lowest BCUT2D eigenvalue weighted by Gasteiger charge is -2.16. The molecule has 2 fully saturated rings. The molecule has 0 saturated heterocycles. The molecule has 0 radical (unpaired) electrons. The fraction of sp³-hybridized carbons (Fsp3) is 0.812. The summed E-state index contributed by atoms with van der Waals surface area (Å²) in [7, 11) is 5.10. The van der Waals surface area contributed by atoms with E-state index in [1.54, 1.807) is 5.69 Å². The summed E-state index contributed by atoms with van der Waals surface area (Å²) in [5.41, 5.74) is 3.10. The summed E-state index contributed by atoms with van der Waals surface area (Å²) < 4.78 is 2.45. The van der Waals surface area contributed by atoms with Crippen LogP contribution in [0.2, 0.25) is 0 Å². The van der Waals surface area contributed by atoms with Gasteiger partial charge in [-0.3, -0.25) is 0 Å². The molecule has 0 amide bonds. The Hall–Kier alpha value is -0.360. The summed E-state index contributed by atoms with van der Waals surface area (Å²) in [5.74, 6) is 2.88. The summed E-state index contributed by atoms with van der Waals surface area (Å²) in [4.78, 5) is 5.08. The molecule has 0 spiro atoms. The first-order valence-corrected chi connectivity index (χ1v) is 8.88. The number of aromatic nitrogens is 2. The van der Waals surface area contributed by atoms with Crippen LogP contribution in [0.4, 0.5) is 0 Å². The second-order valence-corrected chi connectivity index (χ2v) is 6.94. The lowest BCUT2D eigenvalue weighted by molar-refractivity contribution is 0.614. The predicted molar refractivity (Wildman–Crippen MR) is 83.9 cm³/mol. The SMILES string of the molecule is Cn1c(CCP)nc(C2CCCC2)c1C1CCCC1. The molecule has 0 aliphatic heterocycles. The van der Waals surface area contributed by atoms with E-state index in [0.717, 1.165) is 24.4 Å². The van der Waals surface area contributed by atoms with Crippen LogP contribution in [0, 0.1) is 0 Å². The van der Waals surface area contributed by atoms with Gasteiger partial charge in [0.1, 0.15) is 5.82 Å². The maximum Gasteiger partial charge on any atom is 0.109 e. The van der Waals surface area contributed by atoms with E-state index in [-0.39, 0.29) is 0 Å². The fourth-order valence-electron chi connectivity index (χ4n) is 4.12. The molecule has 2 aliphatic rings. The highest BCUT2D eigenvalue weighted by atomic mass is 31.0. The number of rotatable bonds is 4. The van der Waals surface area contributed by atoms with Crippen molar-refractivity contribution in [2.45, 2.75) is 69.6 Å². The van der Waals surface area contributed by atoms with E-state index in [2.05, 4.69) is 20.9 Å². The van der Waals surface area contributed by atoms with Crippen molar-refractivity contribution in [3.8, 4) is 0 Å². The quantitative estimate of drug-likeness (QED) is 0.756. The normalized spacial score (nSPS) is 21.6. The van der Waals surface area contributed by atoms with Gasteiger partial charge in [0.2, 0.25) is 0 Å². The minimum atomic E-state index is 0.764. The molecule has 0 aromatic carbocycles. The van der Waals surface area contributed by atoms with Crippen LogP contribution >= 0.6 is 9.24 Å². The minimum absolute atomic E-state index is 0.764. The van der Waals surface area contributed by atoms with Gasteiger partial charge < -0.3 is 4.57 Å². The van der Waals surface area contributed by atoms with Crippen LogP contribution < -0.4 is 0 Å². The monoisotopic (exact) mass is 278 g/mol. The Kier molecular flexibility index (Phi) is 4.27. The Morgan fingerprint density at radius 3 is 2.21 bits per heavy atom. The molecular weight excluding hydrogens is 251 g/mol. The van der Waals surface area contributed by atoms with Crippen LogP contribution in [0.15, 0.2) is 0 Å². The lowest BCUT2D eigenvalue weighted by atomic mass is 9.94. The highest BCUT2D eigenvalue weighted by Crippen LogP contribution is 2.42. The standard InChI is InChI=1S/C16H27N2P/c1-18-14(10-11-19)17-15(12-6-2-3-7-12)16(18)13-8-4-5-9-13/h12-13H,2-11,19H2,1H3. The van der Waals surface area contributed by atoms with Crippen molar-refractivity contribution in [1.82, 2.24) is 9.55 Å².